The largest absolute Gasteiger partial charge is 0.352 e. The number of carbonyl (C=O) groups is 1. The molecular weight excluding hydrogens is 270 g/mol. The number of aromatic amines is 1. The van der Waals surface area contributed by atoms with Crippen LogP contribution < -0.4 is 5.32 Å². The summed E-state index contributed by atoms with van der Waals surface area (Å²) in [5.74, 6) is -0.196. The van der Waals surface area contributed by atoms with E-state index in [1.807, 2.05) is 38.4 Å². The third-order valence-electron chi connectivity index (χ3n) is 2.81. The molecule has 104 valence electrons. The summed E-state index contributed by atoms with van der Waals surface area (Å²) in [5, 5.41) is 2.92. The summed E-state index contributed by atoms with van der Waals surface area (Å²) in [6.45, 7) is 0.762. The molecule has 0 aliphatic rings. The van der Waals surface area contributed by atoms with E-state index < -0.39 is 0 Å². The molecule has 0 bridgehead atoms. The highest BCUT2D eigenvalue weighted by molar-refractivity contribution is 7.71. The standard InChI is InChI=1S/C15H17N3OS/c1-18(2)10-11-6-3-4-8-13(11)17-14(19)12-7-5-9-16-15(12)20/h3-9H,10H2,1-2H3,(H,16,20)(H,17,19). The normalized spacial score (nSPS) is 10.6. The molecule has 20 heavy (non-hydrogen) atoms. The number of nitrogens with one attached hydrogen (secondary N) is 2. The first-order chi connectivity index (χ1) is 9.58. The smallest absolute Gasteiger partial charge is 0.258 e. The van der Waals surface area contributed by atoms with Crippen molar-refractivity contribution in [3.05, 3.63) is 58.4 Å². The molecular formula is C15H17N3OS. The number of rotatable bonds is 4. The second-order valence-electron chi connectivity index (χ2n) is 4.76. The van der Waals surface area contributed by atoms with Crippen LogP contribution in [0, 0.1) is 4.64 Å². The summed E-state index contributed by atoms with van der Waals surface area (Å²) in [7, 11) is 3.98. The third-order valence-corrected chi connectivity index (χ3v) is 3.15. The van der Waals surface area contributed by atoms with Crippen LogP contribution in [0.4, 0.5) is 5.69 Å². The van der Waals surface area contributed by atoms with E-state index in [1.165, 1.54) is 0 Å². The molecule has 1 aromatic carbocycles. The fourth-order valence-corrected chi connectivity index (χ4v) is 2.14. The molecule has 2 rings (SSSR count). The van der Waals surface area contributed by atoms with Crippen molar-refractivity contribution in [2.45, 2.75) is 6.54 Å². The van der Waals surface area contributed by atoms with Gasteiger partial charge in [-0.05, 0) is 37.9 Å². The molecule has 0 radical (unpaired) electrons. The summed E-state index contributed by atoms with van der Waals surface area (Å²) >= 11 is 5.12. The predicted octanol–water partition coefficient (Wildman–Crippen LogP) is 3.06. The van der Waals surface area contributed by atoms with Gasteiger partial charge in [-0.15, -0.1) is 0 Å². The van der Waals surface area contributed by atoms with Gasteiger partial charge in [0.1, 0.15) is 4.64 Å². The van der Waals surface area contributed by atoms with E-state index in [0.29, 0.717) is 10.2 Å². The molecule has 1 aromatic heterocycles. The van der Waals surface area contributed by atoms with Crippen LogP contribution in [0.15, 0.2) is 42.6 Å². The van der Waals surface area contributed by atoms with Crippen molar-refractivity contribution in [3.8, 4) is 0 Å². The number of benzene rings is 1. The average molecular weight is 287 g/mol. The zero-order valence-corrected chi connectivity index (χ0v) is 12.3. The Labute approximate surface area is 123 Å². The topological polar surface area (TPSA) is 48.1 Å². The number of aromatic nitrogens is 1. The lowest BCUT2D eigenvalue weighted by Crippen LogP contribution is -2.17. The first-order valence-electron chi connectivity index (χ1n) is 6.29. The minimum Gasteiger partial charge on any atom is -0.352 e. The number of para-hydroxylation sites is 1. The molecule has 0 aliphatic heterocycles. The molecule has 0 saturated heterocycles. The number of hydrogen-bond acceptors (Lipinski definition) is 3. The number of amides is 1. The van der Waals surface area contributed by atoms with Gasteiger partial charge < -0.3 is 15.2 Å². The highest BCUT2D eigenvalue weighted by Gasteiger charge is 2.10. The van der Waals surface area contributed by atoms with Crippen molar-refractivity contribution < 1.29 is 4.79 Å². The lowest BCUT2D eigenvalue weighted by molar-refractivity contribution is 0.102. The van der Waals surface area contributed by atoms with Gasteiger partial charge in [-0.2, -0.15) is 0 Å². The lowest BCUT2D eigenvalue weighted by atomic mass is 10.1. The van der Waals surface area contributed by atoms with Crippen molar-refractivity contribution in [3.63, 3.8) is 0 Å². The lowest BCUT2D eigenvalue weighted by Gasteiger charge is -2.14. The molecule has 2 N–H and O–H groups in total. The Morgan fingerprint density at radius 3 is 2.70 bits per heavy atom. The third kappa shape index (κ3) is 3.53. The first-order valence-corrected chi connectivity index (χ1v) is 6.70. The van der Waals surface area contributed by atoms with Crippen molar-refractivity contribution in [2.24, 2.45) is 0 Å². The van der Waals surface area contributed by atoms with Crippen LogP contribution in [0.25, 0.3) is 0 Å². The van der Waals surface area contributed by atoms with E-state index in [2.05, 4.69) is 15.2 Å². The minimum atomic E-state index is -0.196. The molecule has 4 nitrogen and oxygen atoms in total. The maximum Gasteiger partial charge on any atom is 0.258 e. The fourth-order valence-electron chi connectivity index (χ4n) is 1.91. The van der Waals surface area contributed by atoms with Crippen LogP contribution >= 0.6 is 12.2 Å². The van der Waals surface area contributed by atoms with Crippen LogP contribution in [0.2, 0.25) is 0 Å². The summed E-state index contributed by atoms with van der Waals surface area (Å²) in [4.78, 5) is 17.2. The van der Waals surface area contributed by atoms with E-state index in [-0.39, 0.29) is 5.91 Å². The predicted molar refractivity (Wildman–Crippen MR) is 83.4 cm³/mol. The van der Waals surface area contributed by atoms with E-state index in [1.54, 1.807) is 18.3 Å². The van der Waals surface area contributed by atoms with Crippen LogP contribution in [0.3, 0.4) is 0 Å². The number of carbonyl (C=O) groups excluding carboxylic acids is 1. The van der Waals surface area contributed by atoms with Gasteiger partial charge in [-0.3, -0.25) is 4.79 Å². The monoisotopic (exact) mass is 287 g/mol. The Bertz CT molecular complexity index is 664. The zero-order chi connectivity index (χ0) is 14.5. The van der Waals surface area contributed by atoms with Crippen molar-refractivity contribution in [1.29, 1.82) is 0 Å². The Morgan fingerprint density at radius 1 is 1.25 bits per heavy atom. The maximum atomic E-state index is 12.3. The number of nitrogens with zero attached hydrogens (tertiary/aromatic N) is 1. The number of H-pyrrole nitrogens is 1. The summed E-state index contributed by atoms with van der Waals surface area (Å²) in [5.41, 5.74) is 2.35. The van der Waals surface area contributed by atoms with E-state index in [4.69, 9.17) is 12.2 Å². The van der Waals surface area contributed by atoms with Gasteiger partial charge >= 0.3 is 0 Å². The molecule has 0 fully saturated rings. The van der Waals surface area contributed by atoms with Gasteiger partial charge in [-0.25, -0.2) is 0 Å². The first kappa shape index (κ1) is 14.4. The summed E-state index contributed by atoms with van der Waals surface area (Å²) in [6.07, 6.45) is 1.71. The Balaban J connectivity index is 2.24. The van der Waals surface area contributed by atoms with Gasteiger partial charge in [0.05, 0.1) is 5.56 Å². The molecule has 0 unspecified atom stereocenters. The Hall–Kier alpha value is -1.98. The molecule has 0 atom stereocenters. The fraction of sp³-hybridized carbons (Fsp3) is 0.200. The molecule has 1 heterocycles. The molecule has 2 aromatic rings. The van der Waals surface area contributed by atoms with E-state index in [9.17, 15) is 4.79 Å². The van der Waals surface area contributed by atoms with E-state index in [0.717, 1.165) is 17.8 Å². The number of pyridine rings is 1. The Kier molecular flexibility index (Phi) is 4.65. The average Bonchev–Trinajstić information content (AvgIpc) is 2.41. The SMILES string of the molecule is CN(C)Cc1ccccc1NC(=O)c1ccc[nH]c1=S. The van der Waals surface area contributed by atoms with E-state index >= 15 is 0 Å². The van der Waals surface area contributed by atoms with Gasteiger partial charge in [0, 0.05) is 18.4 Å². The number of hydrogen-bond donors (Lipinski definition) is 2. The Morgan fingerprint density at radius 2 is 2.00 bits per heavy atom. The van der Waals surface area contributed by atoms with Crippen molar-refractivity contribution in [2.75, 3.05) is 19.4 Å². The quantitative estimate of drug-likeness (QED) is 0.850. The molecule has 5 heteroatoms. The zero-order valence-electron chi connectivity index (χ0n) is 11.5. The highest BCUT2D eigenvalue weighted by Crippen LogP contribution is 2.17. The highest BCUT2D eigenvalue weighted by atomic mass is 32.1. The minimum absolute atomic E-state index is 0.196. The molecule has 0 saturated carbocycles. The van der Waals surface area contributed by atoms with Gasteiger partial charge in [0.2, 0.25) is 0 Å². The van der Waals surface area contributed by atoms with Gasteiger partial charge in [-0.1, -0.05) is 30.4 Å². The second kappa shape index (κ2) is 6.45. The summed E-state index contributed by atoms with van der Waals surface area (Å²) < 4.78 is 0.440. The van der Waals surface area contributed by atoms with Crippen LogP contribution in [0.5, 0.6) is 0 Å². The van der Waals surface area contributed by atoms with Crippen LogP contribution in [0.1, 0.15) is 15.9 Å². The second-order valence-corrected chi connectivity index (χ2v) is 5.17. The van der Waals surface area contributed by atoms with Gasteiger partial charge in [0.25, 0.3) is 5.91 Å². The number of anilines is 1. The van der Waals surface area contributed by atoms with Crippen LogP contribution in [-0.4, -0.2) is 29.9 Å². The molecule has 0 spiro atoms. The molecule has 0 aliphatic carbocycles. The van der Waals surface area contributed by atoms with Crippen LogP contribution in [-0.2, 0) is 6.54 Å². The maximum absolute atomic E-state index is 12.3. The summed E-state index contributed by atoms with van der Waals surface area (Å²) in [6, 6.07) is 11.2. The molecule has 1 amide bonds. The van der Waals surface area contributed by atoms with Crippen molar-refractivity contribution in [1.82, 2.24) is 9.88 Å². The van der Waals surface area contributed by atoms with Gasteiger partial charge in [0.15, 0.2) is 0 Å². The van der Waals surface area contributed by atoms with Crippen molar-refractivity contribution >= 4 is 23.8 Å².